The number of carbonyl (C=O) groups excluding carboxylic acids is 1. The average molecular weight is 373 g/mol. The summed E-state index contributed by atoms with van der Waals surface area (Å²) in [6, 6.07) is 17.2. The zero-order valence-corrected chi connectivity index (χ0v) is 15.2. The van der Waals surface area contributed by atoms with Gasteiger partial charge in [0.1, 0.15) is 10.7 Å². The molecule has 0 spiro atoms. The molecule has 0 saturated carbocycles. The summed E-state index contributed by atoms with van der Waals surface area (Å²) in [6.45, 7) is 0.356. The van der Waals surface area contributed by atoms with Gasteiger partial charge in [-0.3, -0.25) is 4.79 Å². The second-order valence-electron chi connectivity index (χ2n) is 5.39. The van der Waals surface area contributed by atoms with Gasteiger partial charge in [0.15, 0.2) is 0 Å². The summed E-state index contributed by atoms with van der Waals surface area (Å²) in [4.78, 5) is 16.8. The molecule has 0 saturated heterocycles. The number of carbonyl (C=O) groups is 1. The Morgan fingerprint density at radius 3 is 2.60 bits per heavy atom. The molecule has 1 N–H and O–H groups in total. The number of benzene rings is 2. The fourth-order valence-electron chi connectivity index (χ4n) is 2.38. The molecule has 1 amide bonds. The van der Waals surface area contributed by atoms with Crippen LogP contribution in [0.4, 0.5) is 0 Å². The van der Waals surface area contributed by atoms with Gasteiger partial charge in [0.05, 0.1) is 6.10 Å². The highest BCUT2D eigenvalue weighted by molar-refractivity contribution is 7.13. The van der Waals surface area contributed by atoms with Crippen LogP contribution in [0, 0.1) is 0 Å². The number of nitrogens with one attached hydrogen (secondary N) is 1. The Morgan fingerprint density at radius 1 is 1.20 bits per heavy atom. The molecular weight excluding hydrogens is 356 g/mol. The molecule has 0 aliphatic heterocycles. The summed E-state index contributed by atoms with van der Waals surface area (Å²) < 4.78 is 5.46. The van der Waals surface area contributed by atoms with E-state index in [-0.39, 0.29) is 12.0 Å². The highest BCUT2D eigenvalue weighted by Gasteiger charge is 2.15. The molecule has 6 heteroatoms. The van der Waals surface area contributed by atoms with E-state index in [0.717, 1.165) is 16.1 Å². The maximum atomic E-state index is 12.4. The Kier molecular flexibility index (Phi) is 5.81. The van der Waals surface area contributed by atoms with E-state index >= 15 is 0 Å². The van der Waals surface area contributed by atoms with Crippen LogP contribution in [0.3, 0.4) is 0 Å². The van der Waals surface area contributed by atoms with Crippen molar-refractivity contribution in [1.82, 2.24) is 10.3 Å². The molecular formula is C19H17ClN2O2S. The summed E-state index contributed by atoms with van der Waals surface area (Å²) in [6.07, 6.45) is -0.242. The van der Waals surface area contributed by atoms with E-state index < -0.39 is 0 Å². The number of hydrogen-bond acceptors (Lipinski definition) is 4. The van der Waals surface area contributed by atoms with Crippen LogP contribution >= 0.6 is 22.9 Å². The lowest BCUT2D eigenvalue weighted by atomic mass is 10.1. The van der Waals surface area contributed by atoms with E-state index in [2.05, 4.69) is 10.3 Å². The smallest absolute Gasteiger partial charge is 0.270 e. The predicted octanol–water partition coefficient (Wildman–Crippen LogP) is 4.58. The van der Waals surface area contributed by atoms with Gasteiger partial charge < -0.3 is 10.1 Å². The third kappa shape index (κ3) is 4.45. The summed E-state index contributed by atoms with van der Waals surface area (Å²) in [5.41, 5.74) is 2.37. The van der Waals surface area contributed by atoms with E-state index in [1.54, 1.807) is 24.6 Å². The molecule has 0 aliphatic carbocycles. The van der Waals surface area contributed by atoms with Crippen LogP contribution in [0.15, 0.2) is 60.0 Å². The number of rotatable bonds is 6. The number of hydrogen-bond donors (Lipinski definition) is 1. The summed E-state index contributed by atoms with van der Waals surface area (Å²) in [5, 5.41) is 6.13. The summed E-state index contributed by atoms with van der Waals surface area (Å²) in [7, 11) is 1.61. The van der Waals surface area contributed by atoms with Gasteiger partial charge in [-0.25, -0.2) is 4.98 Å². The first-order chi connectivity index (χ1) is 12.2. The minimum absolute atomic E-state index is 0.213. The molecule has 1 heterocycles. The molecule has 25 heavy (non-hydrogen) atoms. The van der Waals surface area contributed by atoms with E-state index in [4.69, 9.17) is 16.3 Å². The van der Waals surface area contributed by atoms with Crippen LogP contribution < -0.4 is 5.32 Å². The normalized spacial score (nSPS) is 11.9. The van der Waals surface area contributed by atoms with Gasteiger partial charge in [-0.15, -0.1) is 11.3 Å². The third-order valence-corrected chi connectivity index (χ3v) is 4.88. The molecule has 0 bridgehead atoms. The van der Waals surface area contributed by atoms with Gasteiger partial charge in [-0.1, -0.05) is 54.1 Å². The first-order valence-electron chi connectivity index (χ1n) is 7.75. The van der Waals surface area contributed by atoms with E-state index in [1.807, 2.05) is 42.5 Å². The van der Waals surface area contributed by atoms with Crippen molar-refractivity contribution in [3.05, 3.63) is 76.3 Å². The van der Waals surface area contributed by atoms with Crippen molar-refractivity contribution in [1.29, 1.82) is 0 Å². The Bertz CT molecular complexity index is 834. The van der Waals surface area contributed by atoms with Gasteiger partial charge in [-0.05, 0) is 17.7 Å². The number of amides is 1. The zero-order chi connectivity index (χ0) is 17.6. The monoisotopic (exact) mass is 372 g/mol. The Labute approximate surface area is 155 Å². The molecule has 128 valence electrons. The molecule has 3 aromatic rings. The Hall–Kier alpha value is -2.21. The Morgan fingerprint density at radius 2 is 1.92 bits per heavy atom. The van der Waals surface area contributed by atoms with Crippen LogP contribution in [-0.4, -0.2) is 24.5 Å². The van der Waals surface area contributed by atoms with Crippen LogP contribution in [0.1, 0.15) is 22.2 Å². The second kappa shape index (κ2) is 8.25. The summed E-state index contributed by atoms with van der Waals surface area (Å²) in [5.74, 6) is -0.213. The number of thiazole rings is 1. The van der Waals surface area contributed by atoms with Gasteiger partial charge in [0, 0.05) is 29.6 Å². The standard InChI is InChI=1S/C19H17ClN2O2S/c1-24-17(13-7-9-15(20)10-8-13)11-21-18(23)16-12-25-19(22-16)14-5-3-2-4-6-14/h2-10,12,17H,11H2,1H3,(H,21,23)/t17-/m0/s1. The van der Waals surface area contributed by atoms with Crippen molar-refractivity contribution >= 4 is 28.8 Å². The predicted molar refractivity (Wildman–Crippen MR) is 101 cm³/mol. The van der Waals surface area contributed by atoms with Crippen molar-refractivity contribution in [2.45, 2.75) is 6.10 Å². The van der Waals surface area contributed by atoms with Crippen LogP contribution in [0.2, 0.25) is 5.02 Å². The largest absolute Gasteiger partial charge is 0.375 e. The first kappa shape index (κ1) is 17.6. The molecule has 1 aromatic heterocycles. The van der Waals surface area contributed by atoms with Gasteiger partial charge in [0.2, 0.25) is 0 Å². The minimum Gasteiger partial charge on any atom is -0.375 e. The van der Waals surface area contributed by atoms with Crippen LogP contribution in [-0.2, 0) is 4.74 Å². The molecule has 0 aliphatic rings. The van der Waals surface area contributed by atoms with E-state index in [9.17, 15) is 4.79 Å². The minimum atomic E-state index is -0.242. The molecule has 1 atom stereocenters. The molecule has 0 fully saturated rings. The van der Waals surface area contributed by atoms with Crippen molar-refractivity contribution in [2.24, 2.45) is 0 Å². The molecule has 0 unspecified atom stereocenters. The van der Waals surface area contributed by atoms with E-state index in [0.29, 0.717) is 17.3 Å². The number of halogens is 1. The van der Waals surface area contributed by atoms with Gasteiger partial charge >= 0.3 is 0 Å². The van der Waals surface area contributed by atoms with Gasteiger partial charge in [-0.2, -0.15) is 0 Å². The fraction of sp³-hybridized carbons (Fsp3) is 0.158. The van der Waals surface area contributed by atoms with Crippen molar-refractivity contribution in [3.63, 3.8) is 0 Å². The topological polar surface area (TPSA) is 51.2 Å². The first-order valence-corrected chi connectivity index (χ1v) is 9.00. The van der Waals surface area contributed by atoms with Crippen molar-refractivity contribution in [3.8, 4) is 10.6 Å². The van der Waals surface area contributed by atoms with Crippen LogP contribution in [0.5, 0.6) is 0 Å². The van der Waals surface area contributed by atoms with Crippen molar-refractivity contribution in [2.75, 3.05) is 13.7 Å². The molecule has 3 rings (SSSR count). The molecule has 4 nitrogen and oxygen atoms in total. The lowest BCUT2D eigenvalue weighted by molar-refractivity contribution is 0.0825. The molecule has 0 radical (unpaired) electrons. The average Bonchev–Trinajstić information content (AvgIpc) is 3.14. The quantitative estimate of drug-likeness (QED) is 0.689. The highest BCUT2D eigenvalue weighted by Crippen LogP contribution is 2.23. The zero-order valence-electron chi connectivity index (χ0n) is 13.6. The lowest BCUT2D eigenvalue weighted by Crippen LogP contribution is -2.29. The number of ether oxygens (including phenoxy) is 1. The summed E-state index contributed by atoms with van der Waals surface area (Å²) >= 11 is 7.35. The van der Waals surface area contributed by atoms with Gasteiger partial charge in [0.25, 0.3) is 5.91 Å². The molecule has 2 aromatic carbocycles. The SMILES string of the molecule is CO[C@@H](CNC(=O)c1csc(-c2ccccc2)n1)c1ccc(Cl)cc1. The lowest BCUT2D eigenvalue weighted by Gasteiger charge is -2.16. The fourth-order valence-corrected chi connectivity index (χ4v) is 3.31. The number of aromatic nitrogens is 1. The van der Waals surface area contributed by atoms with E-state index in [1.165, 1.54) is 11.3 Å². The maximum Gasteiger partial charge on any atom is 0.270 e. The number of nitrogens with zero attached hydrogens (tertiary/aromatic N) is 1. The number of methoxy groups -OCH3 is 1. The Balaban J connectivity index is 1.64. The van der Waals surface area contributed by atoms with Crippen LogP contribution in [0.25, 0.3) is 10.6 Å². The van der Waals surface area contributed by atoms with Crippen molar-refractivity contribution < 1.29 is 9.53 Å². The third-order valence-electron chi connectivity index (χ3n) is 3.73. The second-order valence-corrected chi connectivity index (χ2v) is 6.68. The maximum absolute atomic E-state index is 12.4. The highest BCUT2D eigenvalue weighted by atomic mass is 35.5.